The highest BCUT2D eigenvalue weighted by Gasteiger charge is 2.08. The molecular weight excluding hydrogens is 354 g/mol. The average molecular weight is 375 g/mol. The van der Waals surface area contributed by atoms with E-state index in [1.165, 1.54) is 0 Å². The van der Waals surface area contributed by atoms with Gasteiger partial charge >= 0.3 is 5.97 Å². The number of oxime groups is 1. The van der Waals surface area contributed by atoms with Crippen molar-refractivity contribution in [3.63, 3.8) is 0 Å². The van der Waals surface area contributed by atoms with Crippen molar-refractivity contribution < 1.29 is 19.8 Å². The molecule has 0 spiro atoms. The van der Waals surface area contributed by atoms with E-state index < -0.39 is 5.97 Å². The van der Waals surface area contributed by atoms with Gasteiger partial charge in [0.1, 0.15) is 18.1 Å². The van der Waals surface area contributed by atoms with Crippen LogP contribution in [0.25, 0.3) is 0 Å². The van der Waals surface area contributed by atoms with E-state index >= 15 is 0 Å². The highest BCUT2D eigenvalue weighted by atomic mass is 16.5. The second-order valence-electron chi connectivity index (χ2n) is 6.34. The van der Waals surface area contributed by atoms with Gasteiger partial charge in [-0.05, 0) is 35.7 Å². The number of carbonyl (C=O) groups is 1. The van der Waals surface area contributed by atoms with Crippen LogP contribution in [-0.2, 0) is 17.8 Å². The quantitative estimate of drug-likeness (QED) is 0.345. The number of aryl methyl sites for hydroxylation is 1. The molecule has 3 aromatic carbocycles. The fourth-order valence-corrected chi connectivity index (χ4v) is 2.86. The van der Waals surface area contributed by atoms with Crippen LogP contribution in [0.15, 0.2) is 84.0 Å². The number of benzene rings is 3. The number of carboxylic acid groups (broad SMARTS) is 1. The van der Waals surface area contributed by atoms with Crippen molar-refractivity contribution in [3.8, 4) is 5.75 Å². The van der Waals surface area contributed by atoms with Gasteiger partial charge in [0.2, 0.25) is 0 Å². The van der Waals surface area contributed by atoms with E-state index in [4.69, 9.17) is 9.84 Å². The minimum absolute atomic E-state index is 0.114. The third-order valence-corrected chi connectivity index (χ3v) is 4.30. The first-order valence-corrected chi connectivity index (χ1v) is 8.96. The summed E-state index contributed by atoms with van der Waals surface area (Å²) in [6.45, 7) is 0.371. The van der Waals surface area contributed by atoms with Crippen LogP contribution in [0.1, 0.15) is 28.7 Å². The molecule has 5 heteroatoms. The van der Waals surface area contributed by atoms with Crippen LogP contribution in [-0.4, -0.2) is 22.0 Å². The number of hydrogen-bond donors (Lipinski definition) is 2. The molecule has 0 aliphatic rings. The molecular formula is C23H21NO4. The largest absolute Gasteiger partial charge is 0.489 e. The number of rotatable bonds is 8. The van der Waals surface area contributed by atoms with Gasteiger partial charge in [0.05, 0.1) is 0 Å². The molecule has 142 valence electrons. The van der Waals surface area contributed by atoms with Crippen molar-refractivity contribution in [2.24, 2.45) is 5.16 Å². The summed E-state index contributed by atoms with van der Waals surface area (Å²) in [7, 11) is 0. The van der Waals surface area contributed by atoms with Gasteiger partial charge in [-0.1, -0.05) is 65.8 Å². The van der Waals surface area contributed by atoms with Gasteiger partial charge in [0.15, 0.2) is 0 Å². The summed E-state index contributed by atoms with van der Waals surface area (Å²) in [5.41, 5.74) is 4.05. The molecule has 3 rings (SSSR count). The zero-order chi connectivity index (χ0) is 19.8. The molecule has 5 nitrogen and oxygen atoms in total. The Labute approximate surface area is 163 Å². The maximum absolute atomic E-state index is 10.6. The lowest BCUT2D eigenvalue weighted by Gasteiger charge is -2.10. The monoisotopic (exact) mass is 375 g/mol. The third kappa shape index (κ3) is 5.20. The third-order valence-electron chi connectivity index (χ3n) is 4.30. The van der Waals surface area contributed by atoms with Crippen molar-refractivity contribution in [2.75, 3.05) is 0 Å². The highest BCUT2D eigenvalue weighted by Crippen LogP contribution is 2.17. The normalized spacial score (nSPS) is 11.2. The predicted octanol–water partition coefficient (Wildman–Crippen LogP) is 4.51. The molecule has 0 unspecified atom stereocenters. The van der Waals surface area contributed by atoms with Crippen LogP contribution in [0.4, 0.5) is 0 Å². The van der Waals surface area contributed by atoms with Crippen LogP contribution >= 0.6 is 0 Å². The maximum atomic E-state index is 10.6. The van der Waals surface area contributed by atoms with E-state index in [1.54, 1.807) is 0 Å². The second-order valence-corrected chi connectivity index (χ2v) is 6.34. The molecule has 0 amide bonds. The minimum Gasteiger partial charge on any atom is -0.489 e. The zero-order valence-corrected chi connectivity index (χ0v) is 15.3. The summed E-state index contributed by atoms with van der Waals surface area (Å²) in [5, 5.41) is 21.7. The van der Waals surface area contributed by atoms with E-state index in [0.717, 1.165) is 22.3 Å². The molecule has 0 radical (unpaired) electrons. The van der Waals surface area contributed by atoms with E-state index in [-0.39, 0.29) is 6.42 Å². The van der Waals surface area contributed by atoms with Gasteiger partial charge in [0.25, 0.3) is 0 Å². The highest BCUT2D eigenvalue weighted by molar-refractivity contribution is 6.12. The Morgan fingerprint density at radius 3 is 2.25 bits per heavy atom. The summed E-state index contributed by atoms with van der Waals surface area (Å²) in [6, 6.07) is 24.6. The van der Waals surface area contributed by atoms with Crippen LogP contribution < -0.4 is 4.74 Å². The predicted molar refractivity (Wildman–Crippen MR) is 107 cm³/mol. The second kappa shape index (κ2) is 9.37. The average Bonchev–Trinajstić information content (AvgIpc) is 2.73. The Balaban J connectivity index is 1.66. The lowest BCUT2D eigenvalue weighted by Crippen LogP contribution is -2.05. The summed E-state index contributed by atoms with van der Waals surface area (Å²) in [4.78, 5) is 10.6. The molecule has 0 bridgehead atoms. The van der Waals surface area contributed by atoms with Crippen molar-refractivity contribution in [2.45, 2.75) is 19.4 Å². The van der Waals surface area contributed by atoms with Gasteiger partial charge in [0, 0.05) is 17.5 Å². The Morgan fingerprint density at radius 1 is 0.857 bits per heavy atom. The van der Waals surface area contributed by atoms with Crippen LogP contribution in [0, 0.1) is 0 Å². The summed E-state index contributed by atoms with van der Waals surface area (Å²) in [6.07, 6.45) is 0.615. The Morgan fingerprint density at radius 2 is 1.57 bits per heavy atom. The molecule has 0 atom stereocenters. The molecule has 0 saturated heterocycles. The first kappa shape index (κ1) is 19.2. The van der Waals surface area contributed by atoms with Gasteiger partial charge in [-0.25, -0.2) is 0 Å². The smallest absolute Gasteiger partial charge is 0.303 e. The molecule has 0 heterocycles. The van der Waals surface area contributed by atoms with Crippen LogP contribution in [0.2, 0.25) is 0 Å². The summed E-state index contributed by atoms with van der Waals surface area (Å²) >= 11 is 0. The number of carboxylic acids is 1. The Bertz CT molecular complexity index is 950. The Kier molecular flexibility index (Phi) is 6.41. The maximum Gasteiger partial charge on any atom is 0.303 e. The first-order chi connectivity index (χ1) is 13.7. The summed E-state index contributed by atoms with van der Waals surface area (Å²) < 4.78 is 5.83. The molecule has 28 heavy (non-hydrogen) atoms. The topological polar surface area (TPSA) is 79.1 Å². The summed E-state index contributed by atoms with van der Waals surface area (Å²) in [5.74, 6) is -0.0925. The molecule has 0 fully saturated rings. The lowest BCUT2D eigenvalue weighted by molar-refractivity contribution is -0.136. The van der Waals surface area contributed by atoms with Crippen molar-refractivity contribution >= 4 is 11.7 Å². The van der Waals surface area contributed by atoms with Crippen molar-refractivity contribution in [3.05, 3.63) is 101 Å². The first-order valence-electron chi connectivity index (χ1n) is 8.96. The fourth-order valence-electron chi connectivity index (χ4n) is 2.86. The van der Waals surface area contributed by atoms with Crippen LogP contribution in [0.5, 0.6) is 5.75 Å². The SMILES string of the molecule is O=C(O)CCc1ccc(OCc2cccc(C(=NO)c3ccccc3)c2)cc1. The molecule has 0 aliphatic heterocycles. The number of hydrogen-bond acceptors (Lipinski definition) is 4. The van der Waals surface area contributed by atoms with Crippen LogP contribution in [0.3, 0.4) is 0 Å². The number of aliphatic carboxylic acids is 1. The number of ether oxygens (including phenoxy) is 1. The Hall–Kier alpha value is -3.60. The van der Waals surface area contributed by atoms with Gasteiger partial charge < -0.3 is 15.1 Å². The number of nitrogens with zero attached hydrogens (tertiary/aromatic N) is 1. The van der Waals surface area contributed by atoms with Gasteiger partial charge in [-0.3, -0.25) is 4.79 Å². The molecule has 0 saturated carbocycles. The standard InChI is InChI=1S/C23H21NO4/c25-22(26)14-11-17-9-12-21(13-10-17)28-16-18-5-4-8-20(15-18)23(24-27)19-6-2-1-3-7-19/h1-10,12-13,15,27H,11,14,16H2,(H,25,26). The van der Waals surface area contributed by atoms with Gasteiger partial charge in [-0.2, -0.15) is 0 Å². The molecule has 0 aliphatic carbocycles. The molecule has 2 N–H and O–H groups in total. The minimum atomic E-state index is -0.804. The lowest BCUT2D eigenvalue weighted by atomic mass is 10.0. The van der Waals surface area contributed by atoms with E-state index in [1.807, 2.05) is 78.9 Å². The molecule has 0 aromatic heterocycles. The van der Waals surface area contributed by atoms with Crippen molar-refractivity contribution in [1.29, 1.82) is 0 Å². The van der Waals surface area contributed by atoms with Crippen molar-refractivity contribution in [1.82, 2.24) is 0 Å². The molecule has 3 aromatic rings. The van der Waals surface area contributed by atoms with E-state index in [2.05, 4.69) is 5.16 Å². The van der Waals surface area contributed by atoms with Gasteiger partial charge in [-0.15, -0.1) is 0 Å². The van der Waals surface area contributed by atoms with E-state index in [9.17, 15) is 10.0 Å². The zero-order valence-electron chi connectivity index (χ0n) is 15.3. The van der Waals surface area contributed by atoms with E-state index in [0.29, 0.717) is 24.5 Å². The fraction of sp³-hybridized carbons (Fsp3) is 0.130.